The summed E-state index contributed by atoms with van der Waals surface area (Å²) in [7, 11) is -3.67. The zero-order valence-corrected chi connectivity index (χ0v) is 32.2. The minimum absolute atomic E-state index is 0.0303. The van der Waals surface area contributed by atoms with E-state index >= 15 is 0 Å². The zero-order valence-electron chi connectivity index (χ0n) is 31.3. The molecule has 0 atom stereocenters. The van der Waals surface area contributed by atoms with Crippen LogP contribution in [0.2, 0.25) is 0 Å². The highest BCUT2D eigenvalue weighted by atomic mass is 31.2. The van der Waals surface area contributed by atoms with Gasteiger partial charge < -0.3 is 18.8 Å². The van der Waals surface area contributed by atoms with Crippen LogP contribution in [-0.2, 0) is 25.3 Å². The van der Waals surface area contributed by atoms with Gasteiger partial charge in [-0.3, -0.25) is 14.2 Å². The molecule has 0 saturated carbocycles. The van der Waals surface area contributed by atoms with Crippen molar-refractivity contribution < 1.29 is 27.6 Å². The van der Waals surface area contributed by atoms with Crippen molar-refractivity contribution in [1.82, 2.24) is 39.2 Å². The van der Waals surface area contributed by atoms with E-state index in [0.29, 0.717) is 17.2 Å². The van der Waals surface area contributed by atoms with Crippen molar-refractivity contribution in [3.63, 3.8) is 0 Å². The Balaban J connectivity index is 1.38. The van der Waals surface area contributed by atoms with Crippen molar-refractivity contribution in [2.45, 2.75) is 86.5 Å². The Labute approximate surface area is 299 Å². The Morgan fingerprint density at radius 2 is 1.59 bits per heavy atom. The van der Waals surface area contributed by atoms with E-state index in [-0.39, 0.29) is 79.6 Å². The molecule has 4 heterocycles. The number of halogens is 1. The Bertz CT molecular complexity index is 1930. The third kappa shape index (κ3) is 8.73. The molecule has 1 aliphatic heterocycles. The second-order valence-electron chi connectivity index (χ2n) is 15.7. The molecule has 3 aromatic heterocycles. The average Bonchev–Trinajstić information content (AvgIpc) is 3.64. The minimum Gasteiger partial charge on any atom is -0.332 e. The van der Waals surface area contributed by atoms with Crippen LogP contribution in [0, 0.1) is 24.6 Å². The highest BCUT2D eigenvalue weighted by Gasteiger charge is 2.41. The molecule has 1 aromatic carbocycles. The fourth-order valence-electron chi connectivity index (χ4n) is 5.90. The summed E-state index contributed by atoms with van der Waals surface area (Å²) in [5.41, 5.74) is 1.94. The molecule has 0 unspecified atom stereocenters. The number of carbonyl (C=O) groups excluding carboxylic acids is 2. The standard InChI is InChI=1S/C36H50FN8O5P/c1-23(2)19-49-51(48,50-20-24(3)4)22-45-32(38-25(5)40-45)34(47)42-15-16-43(36(9,10)21-42)33(46)30-18-44-31(39-30)28(35(6,7)8)17-29(41-44)26-11-13-27(37)14-12-26/h11-14,17-18,23-24H,15-16,19-22H2,1-10H3. The Morgan fingerprint density at radius 3 is 2.16 bits per heavy atom. The maximum Gasteiger partial charge on any atom is 0.352 e. The number of rotatable bonds is 11. The summed E-state index contributed by atoms with van der Waals surface area (Å²) >= 11 is 0. The van der Waals surface area contributed by atoms with Gasteiger partial charge >= 0.3 is 7.60 Å². The zero-order chi connectivity index (χ0) is 37.5. The molecule has 0 N–H and O–H groups in total. The quantitative estimate of drug-likeness (QED) is 0.157. The van der Waals surface area contributed by atoms with E-state index in [4.69, 9.17) is 19.1 Å². The van der Waals surface area contributed by atoms with Crippen LogP contribution < -0.4 is 0 Å². The van der Waals surface area contributed by atoms with Gasteiger partial charge in [0.2, 0.25) is 5.82 Å². The number of hydrogen-bond acceptors (Lipinski definition) is 9. The highest BCUT2D eigenvalue weighted by Crippen LogP contribution is 2.50. The lowest BCUT2D eigenvalue weighted by atomic mass is 9.87. The first-order chi connectivity index (χ1) is 23.8. The van der Waals surface area contributed by atoms with E-state index in [2.05, 4.69) is 30.9 Å². The summed E-state index contributed by atoms with van der Waals surface area (Å²) in [5.74, 6) is -0.391. The van der Waals surface area contributed by atoms with Crippen LogP contribution in [0.1, 0.15) is 94.8 Å². The number of fused-ring (bicyclic) bond motifs is 1. The summed E-state index contributed by atoms with van der Waals surface area (Å²) in [5, 5.41) is 9.12. The number of nitrogens with zero attached hydrogens (tertiary/aromatic N) is 8. The van der Waals surface area contributed by atoms with Gasteiger partial charge in [0.25, 0.3) is 11.8 Å². The van der Waals surface area contributed by atoms with Gasteiger partial charge in [-0.2, -0.15) is 10.2 Å². The number of benzene rings is 1. The lowest BCUT2D eigenvalue weighted by Gasteiger charge is -2.46. The number of aromatic nitrogens is 6. The average molecular weight is 725 g/mol. The molecule has 1 aliphatic rings. The summed E-state index contributed by atoms with van der Waals surface area (Å²) in [6.07, 6.45) is 1.37. The van der Waals surface area contributed by atoms with Crippen LogP contribution in [0.15, 0.2) is 36.5 Å². The molecule has 4 aromatic rings. The Hall–Kier alpha value is -4.00. The SMILES string of the molecule is Cc1nc(C(=O)N2CCN(C(=O)c3cn4nc(-c5ccc(F)cc5)cc(C(C)(C)C)c4n3)C(C)(C)C2)n(CP(=O)(OCC(C)C)OCC(C)C)n1. The molecule has 1 fully saturated rings. The topological polar surface area (TPSA) is 137 Å². The predicted molar refractivity (Wildman–Crippen MR) is 192 cm³/mol. The van der Waals surface area contributed by atoms with Crippen LogP contribution in [0.4, 0.5) is 4.39 Å². The number of piperazine rings is 1. The first kappa shape index (κ1) is 38.2. The van der Waals surface area contributed by atoms with Crippen LogP contribution >= 0.6 is 7.60 Å². The van der Waals surface area contributed by atoms with E-state index in [0.717, 1.165) is 11.1 Å². The monoisotopic (exact) mass is 724 g/mol. The van der Waals surface area contributed by atoms with Crippen LogP contribution in [0.5, 0.6) is 0 Å². The van der Waals surface area contributed by atoms with E-state index in [1.54, 1.807) is 39.6 Å². The van der Waals surface area contributed by atoms with Gasteiger partial charge in [-0.05, 0) is 68.4 Å². The van der Waals surface area contributed by atoms with Crippen molar-refractivity contribution in [3.8, 4) is 11.3 Å². The summed E-state index contributed by atoms with van der Waals surface area (Å²) < 4.78 is 42.0. The van der Waals surface area contributed by atoms with E-state index < -0.39 is 19.0 Å². The molecule has 0 spiro atoms. The second kappa shape index (κ2) is 14.6. The number of imidazole rings is 1. The molecule has 276 valence electrons. The van der Waals surface area contributed by atoms with E-state index in [1.807, 2.05) is 47.6 Å². The van der Waals surface area contributed by atoms with Gasteiger partial charge in [-0.15, -0.1) is 0 Å². The second-order valence-corrected chi connectivity index (χ2v) is 17.7. The van der Waals surface area contributed by atoms with Crippen molar-refractivity contribution >= 4 is 25.1 Å². The van der Waals surface area contributed by atoms with Gasteiger partial charge in [0.05, 0.1) is 30.6 Å². The van der Waals surface area contributed by atoms with Crippen molar-refractivity contribution in [1.29, 1.82) is 0 Å². The maximum atomic E-state index is 14.1. The molecule has 51 heavy (non-hydrogen) atoms. The summed E-state index contributed by atoms with van der Waals surface area (Å²) in [4.78, 5) is 40.6. The molecule has 0 bridgehead atoms. The third-order valence-electron chi connectivity index (χ3n) is 8.51. The summed E-state index contributed by atoms with van der Waals surface area (Å²) in [6.45, 7) is 20.6. The number of hydrogen-bond donors (Lipinski definition) is 0. The third-order valence-corrected chi connectivity index (χ3v) is 10.2. The minimum atomic E-state index is -3.67. The molecule has 2 amide bonds. The molecular formula is C36H50FN8O5P. The van der Waals surface area contributed by atoms with E-state index in [9.17, 15) is 18.5 Å². The van der Waals surface area contributed by atoms with Gasteiger partial charge in [-0.25, -0.2) is 23.6 Å². The lowest BCUT2D eigenvalue weighted by Crippen LogP contribution is -2.62. The molecule has 1 saturated heterocycles. The van der Waals surface area contributed by atoms with Crippen LogP contribution in [0.3, 0.4) is 0 Å². The molecular weight excluding hydrogens is 674 g/mol. The largest absolute Gasteiger partial charge is 0.352 e. The Kier molecular flexibility index (Phi) is 10.9. The van der Waals surface area contributed by atoms with Crippen LogP contribution in [0.25, 0.3) is 16.9 Å². The fraction of sp³-hybridized carbons (Fsp3) is 0.556. The van der Waals surface area contributed by atoms with Gasteiger partial charge in [0.1, 0.15) is 23.6 Å². The van der Waals surface area contributed by atoms with Gasteiger partial charge in [-0.1, -0.05) is 48.5 Å². The Morgan fingerprint density at radius 1 is 0.961 bits per heavy atom. The molecule has 0 aliphatic carbocycles. The molecule has 15 heteroatoms. The fourth-order valence-corrected chi connectivity index (χ4v) is 7.71. The predicted octanol–water partition coefficient (Wildman–Crippen LogP) is 6.61. The molecule has 5 rings (SSSR count). The number of aryl methyl sites for hydroxylation is 1. The maximum absolute atomic E-state index is 14.1. The smallest absolute Gasteiger partial charge is 0.332 e. The van der Waals surface area contributed by atoms with E-state index in [1.165, 1.54) is 16.8 Å². The highest BCUT2D eigenvalue weighted by molar-refractivity contribution is 7.52. The van der Waals surface area contributed by atoms with Crippen molar-refractivity contribution in [2.75, 3.05) is 32.8 Å². The van der Waals surface area contributed by atoms with Gasteiger partial charge in [0.15, 0.2) is 5.65 Å². The normalized spacial score (nSPS) is 15.4. The van der Waals surface area contributed by atoms with Crippen LogP contribution in [-0.4, -0.2) is 89.4 Å². The molecule has 13 nitrogen and oxygen atoms in total. The van der Waals surface area contributed by atoms with Crippen molar-refractivity contribution in [3.05, 3.63) is 65.3 Å². The van der Waals surface area contributed by atoms with Crippen molar-refractivity contribution in [2.24, 2.45) is 11.8 Å². The molecule has 0 radical (unpaired) electrons. The first-order valence-electron chi connectivity index (χ1n) is 17.3. The lowest BCUT2D eigenvalue weighted by molar-refractivity contribution is 0.0158. The summed E-state index contributed by atoms with van der Waals surface area (Å²) in [6, 6.07) is 8.06. The number of amides is 2. The first-order valence-corrected chi connectivity index (χ1v) is 19.1. The number of carbonyl (C=O) groups is 2. The van der Waals surface area contributed by atoms with Gasteiger partial charge in [0, 0.05) is 30.8 Å².